The third-order valence-corrected chi connectivity index (χ3v) is 4.10. The van der Waals surface area contributed by atoms with Gasteiger partial charge in [-0.3, -0.25) is 9.59 Å². The average Bonchev–Trinajstić information content (AvgIpc) is 3.27. The van der Waals surface area contributed by atoms with Gasteiger partial charge in [0, 0.05) is 12.6 Å². The van der Waals surface area contributed by atoms with Gasteiger partial charge in [0.1, 0.15) is 0 Å². The maximum Gasteiger partial charge on any atom is 0.313 e. The fourth-order valence-electron chi connectivity index (χ4n) is 2.22. The second-order valence-corrected chi connectivity index (χ2v) is 5.70. The van der Waals surface area contributed by atoms with Crippen LogP contribution in [0.5, 0.6) is 0 Å². The van der Waals surface area contributed by atoms with Crippen molar-refractivity contribution in [2.75, 3.05) is 11.9 Å². The Morgan fingerprint density at radius 3 is 2.71 bits per heavy atom. The highest BCUT2D eigenvalue weighted by molar-refractivity contribution is 6.41. The van der Waals surface area contributed by atoms with Gasteiger partial charge in [-0.1, -0.05) is 23.7 Å². The number of benzene rings is 1. The van der Waals surface area contributed by atoms with Crippen molar-refractivity contribution in [1.29, 1.82) is 0 Å². The molecule has 1 unspecified atom stereocenters. The summed E-state index contributed by atoms with van der Waals surface area (Å²) in [5.41, 5.74) is 1.24. The zero-order chi connectivity index (χ0) is 15.4. The molecule has 3 N–H and O–H groups in total. The van der Waals surface area contributed by atoms with Crippen LogP contribution in [0.1, 0.15) is 24.8 Å². The molecule has 2 amide bonds. The summed E-state index contributed by atoms with van der Waals surface area (Å²) in [5.74, 6) is -1.07. The van der Waals surface area contributed by atoms with Crippen LogP contribution in [0, 0.1) is 12.8 Å². The molecule has 0 saturated heterocycles. The molecule has 1 fully saturated rings. The number of nitrogens with one attached hydrogen (secondary N) is 2. The van der Waals surface area contributed by atoms with Gasteiger partial charge >= 0.3 is 11.8 Å². The Hall–Kier alpha value is -1.59. The SMILES string of the molecule is Cc1cccc(NC(=O)C(=O)NC(CCO)C2CC2)c1Cl. The summed E-state index contributed by atoms with van der Waals surface area (Å²) in [5, 5.41) is 14.6. The van der Waals surface area contributed by atoms with Gasteiger partial charge in [-0.25, -0.2) is 0 Å². The number of carbonyl (C=O) groups excluding carboxylic acids is 2. The van der Waals surface area contributed by atoms with E-state index in [1.165, 1.54) is 0 Å². The van der Waals surface area contributed by atoms with Crippen molar-refractivity contribution in [2.24, 2.45) is 5.92 Å². The Balaban J connectivity index is 1.95. The van der Waals surface area contributed by atoms with E-state index < -0.39 is 11.8 Å². The summed E-state index contributed by atoms with van der Waals surface area (Å²) in [4.78, 5) is 23.8. The van der Waals surface area contributed by atoms with Gasteiger partial charge in [0.2, 0.25) is 0 Å². The number of aliphatic hydroxyl groups excluding tert-OH is 1. The van der Waals surface area contributed by atoms with Crippen LogP contribution < -0.4 is 10.6 Å². The van der Waals surface area contributed by atoms with Gasteiger partial charge in [0.25, 0.3) is 0 Å². The van der Waals surface area contributed by atoms with E-state index in [9.17, 15) is 9.59 Å². The average molecular weight is 311 g/mol. The molecule has 1 aliphatic rings. The highest BCUT2D eigenvalue weighted by Crippen LogP contribution is 2.33. The van der Waals surface area contributed by atoms with Crippen molar-refractivity contribution in [3.05, 3.63) is 28.8 Å². The Morgan fingerprint density at radius 2 is 2.10 bits per heavy atom. The van der Waals surface area contributed by atoms with Crippen molar-refractivity contribution in [2.45, 2.75) is 32.2 Å². The van der Waals surface area contributed by atoms with Gasteiger partial charge < -0.3 is 15.7 Å². The maximum atomic E-state index is 11.9. The molecule has 1 aromatic rings. The predicted octanol–water partition coefficient (Wildman–Crippen LogP) is 1.86. The lowest BCUT2D eigenvalue weighted by Gasteiger charge is -2.17. The molecule has 5 nitrogen and oxygen atoms in total. The molecule has 2 rings (SSSR count). The van der Waals surface area contributed by atoms with Crippen LogP contribution in [0.15, 0.2) is 18.2 Å². The first-order valence-electron chi connectivity index (χ1n) is 7.00. The van der Waals surface area contributed by atoms with Gasteiger partial charge in [-0.15, -0.1) is 0 Å². The van der Waals surface area contributed by atoms with Crippen molar-refractivity contribution < 1.29 is 14.7 Å². The molecule has 0 heterocycles. The van der Waals surface area contributed by atoms with E-state index in [4.69, 9.17) is 16.7 Å². The van der Waals surface area contributed by atoms with Crippen LogP contribution >= 0.6 is 11.6 Å². The molecule has 6 heteroatoms. The molecule has 1 atom stereocenters. The van der Waals surface area contributed by atoms with E-state index in [-0.39, 0.29) is 12.6 Å². The quantitative estimate of drug-likeness (QED) is 0.726. The van der Waals surface area contributed by atoms with Crippen LogP contribution in [-0.4, -0.2) is 29.6 Å². The smallest absolute Gasteiger partial charge is 0.313 e. The second-order valence-electron chi connectivity index (χ2n) is 5.32. The third-order valence-electron chi connectivity index (χ3n) is 3.59. The largest absolute Gasteiger partial charge is 0.396 e. The molecule has 1 aromatic carbocycles. The fourth-order valence-corrected chi connectivity index (χ4v) is 2.39. The summed E-state index contributed by atoms with van der Waals surface area (Å²) in [6.45, 7) is 1.81. The first-order valence-corrected chi connectivity index (χ1v) is 7.38. The van der Waals surface area contributed by atoms with E-state index in [2.05, 4.69) is 10.6 Å². The number of hydrogen-bond donors (Lipinski definition) is 3. The molecule has 1 aliphatic carbocycles. The minimum Gasteiger partial charge on any atom is -0.396 e. The second kappa shape index (κ2) is 6.91. The highest BCUT2D eigenvalue weighted by atomic mass is 35.5. The van der Waals surface area contributed by atoms with E-state index in [0.29, 0.717) is 23.0 Å². The van der Waals surface area contributed by atoms with Crippen LogP contribution in [0.25, 0.3) is 0 Å². The van der Waals surface area contributed by atoms with E-state index in [1.54, 1.807) is 12.1 Å². The molecule has 0 bridgehead atoms. The van der Waals surface area contributed by atoms with Gasteiger partial charge in [0.15, 0.2) is 0 Å². The van der Waals surface area contributed by atoms with E-state index >= 15 is 0 Å². The molecule has 1 saturated carbocycles. The number of amides is 2. The first-order chi connectivity index (χ1) is 10.0. The van der Waals surface area contributed by atoms with Gasteiger partial charge in [0.05, 0.1) is 10.7 Å². The lowest BCUT2D eigenvalue weighted by atomic mass is 10.1. The summed E-state index contributed by atoms with van der Waals surface area (Å²) in [7, 11) is 0. The lowest BCUT2D eigenvalue weighted by molar-refractivity contribution is -0.136. The Kier molecular flexibility index (Phi) is 5.20. The van der Waals surface area contributed by atoms with Crippen molar-refractivity contribution >= 4 is 29.1 Å². The predicted molar refractivity (Wildman–Crippen MR) is 81.2 cm³/mol. The number of anilines is 1. The van der Waals surface area contributed by atoms with Gasteiger partial charge in [-0.05, 0) is 43.7 Å². The number of rotatable bonds is 5. The number of hydrogen-bond acceptors (Lipinski definition) is 3. The molecule has 114 valence electrons. The number of halogens is 1. The summed E-state index contributed by atoms with van der Waals surface area (Å²) < 4.78 is 0. The number of aliphatic hydroxyl groups is 1. The summed E-state index contributed by atoms with van der Waals surface area (Å²) in [6.07, 6.45) is 2.52. The molecule has 0 aromatic heterocycles. The van der Waals surface area contributed by atoms with Crippen LogP contribution in [-0.2, 0) is 9.59 Å². The van der Waals surface area contributed by atoms with Crippen LogP contribution in [0.3, 0.4) is 0 Å². The lowest BCUT2D eigenvalue weighted by Crippen LogP contribution is -2.43. The molecular formula is C15H19ClN2O3. The van der Waals surface area contributed by atoms with Crippen LogP contribution in [0.4, 0.5) is 5.69 Å². The van der Waals surface area contributed by atoms with E-state index in [1.807, 2.05) is 13.0 Å². The minimum atomic E-state index is -0.744. The third kappa shape index (κ3) is 4.19. The summed E-state index contributed by atoms with van der Waals surface area (Å²) >= 11 is 6.08. The zero-order valence-corrected chi connectivity index (χ0v) is 12.6. The molecule has 0 radical (unpaired) electrons. The van der Waals surface area contributed by atoms with Crippen LogP contribution in [0.2, 0.25) is 5.02 Å². The minimum absolute atomic E-state index is 0.00717. The first kappa shape index (κ1) is 15.8. The number of aryl methyl sites for hydroxylation is 1. The molecule has 21 heavy (non-hydrogen) atoms. The fraction of sp³-hybridized carbons (Fsp3) is 0.467. The molecule has 0 aliphatic heterocycles. The Morgan fingerprint density at radius 1 is 1.38 bits per heavy atom. The topological polar surface area (TPSA) is 78.4 Å². The van der Waals surface area contributed by atoms with Gasteiger partial charge in [-0.2, -0.15) is 0 Å². The maximum absolute atomic E-state index is 11.9. The van der Waals surface area contributed by atoms with Crippen molar-refractivity contribution in [3.63, 3.8) is 0 Å². The normalized spacial score (nSPS) is 15.4. The Labute approximate surface area is 128 Å². The Bertz CT molecular complexity index is 544. The van der Waals surface area contributed by atoms with E-state index in [0.717, 1.165) is 18.4 Å². The standard InChI is InChI=1S/C15H19ClN2O3/c1-9-3-2-4-12(13(9)16)18-15(21)14(20)17-11(7-8-19)10-5-6-10/h2-4,10-11,19H,5-8H2,1H3,(H,17,20)(H,18,21). The molecule has 0 spiro atoms. The highest BCUT2D eigenvalue weighted by Gasteiger charge is 2.33. The zero-order valence-electron chi connectivity index (χ0n) is 11.9. The van der Waals surface area contributed by atoms with Crippen molar-refractivity contribution in [1.82, 2.24) is 5.32 Å². The monoisotopic (exact) mass is 310 g/mol. The number of carbonyl (C=O) groups is 2. The van der Waals surface area contributed by atoms with Crippen molar-refractivity contribution in [3.8, 4) is 0 Å². The summed E-state index contributed by atoms with van der Waals surface area (Å²) in [6, 6.07) is 5.09. The molecular weight excluding hydrogens is 292 g/mol.